The second kappa shape index (κ2) is 7.87. The van der Waals surface area contributed by atoms with Crippen molar-refractivity contribution >= 4 is 29.1 Å². The average molecular weight is 298 g/mol. The maximum Gasteiger partial charge on any atom is 0.313 e. The molecule has 0 atom stereocenters. The SMILES string of the molecule is Cc1cc(Cl)ccc1NC(=O)C(=O)NCCCN(C)C. The molecule has 0 bridgehead atoms. The van der Waals surface area contributed by atoms with Gasteiger partial charge in [0.2, 0.25) is 0 Å². The Bertz CT molecular complexity index is 489. The molecule has 0 unspecified atom stereocenters. The summed E-state index contributed by atoms with van der Waals surface area (Å²) in [5.41, 5.74) is 1.40. The number of rotatable bonds is 5. The second-order valence-corrected chi connectivity index (χ2v) is 5.26. The summed E-state index contributed by atoms with van der Waals surface area (Å²) in [5.74, 6) is -1.29. The number of nitrogens with one attached hydrogen (secondary N) is 2. The van der Waals surface area contributed by atoms with Crippen LogP contribution >= 0.6 is 11.6 Å². The fourth-order valence-electron chi connectivity index (χ4n) is 1.62. The minimum absolute atomic E-state index is 0.476. The van der Waals surface area contributed by atoms with Crippen LogP contribution in [-0.4, -0.2) is 43.9 Å². The van der Waals surface area contributed by atoms with Crippen LogP contribution in [0.5, 0.6) is 0 Å². The fraction of sp³-hybridized carbons (Fsp3) is 0.429. The molecule has 1 rings (SSSR count). The van der Waals surface area contributed by atoms with Crippen LogP contribution in [0.15, 0.2) is 18.2 Å². The summed E-state index contributed by atoms with van der Waals surface area (Å²) in [6.45, 7) is 3.15. The number of anilines is 1. The van der Waals surface area contributed by atoms with Crippen molar-refractivity contribution in [3.63, 3.8) is 0 Å². The number of hydrogen-bond acceptors (Lipinski definition) is 3. The van der Waals surface area contributed by atoms with Crippen molar-refractivity contribution in [2.24, 2.45) is 0 Å². The van der Waals surface area contributed by atoms with Gasteiger partial charge in [0.25, 0.3) is 0 Å². The molecule has 5 nitrogen and oxygen atoms in total. The zero-order valence-corrected chi connectivity index (χ0v) is 12.8. The molecule has 0 fully saturated rings. The first kappa shape index (κ1) is 16.5. The molecule has 0 aliphatic heterocycles. The molecule has 2 amide bonds. The van der Waals surface area contributed by atoms with Gasteiger partial charge in [-0.3, -0.25) is 9.59 Å². The van der Waals surface area contributed by atoms with Crippen LogP contribution in [0.3, 0.4) is 0 Å². The van der Waals surface area contributed by atoms with Gasteiger partial charge in [-0.2, -0.15) is 0 Å². The quantitative estimate of drug-likeness (QED) is 0.642. The monoisotopic (exact) mass is 297 g/mol. The van der Waals surface area contributed by atoms with Gasteiger partial charge in [0.1, 0.15) is 0 Å². The molecule has 0 saturated carbocycles. The molecule has 0 aliphatic rings. The van der Waals surface area contributed by atoms with Crippen LogP contribution in [-0.2, 0) is 9.59 Å². The highest BCUT2D eigenvalue weighted by Crippen LogP contribution is 2.19. The lowest BCUT2D eigenvalue weighted by molar-refractivity contribution is -0.136. The van der Waals surface area contributed by atoms with E-state index in [1.807, 2.05) is 25.9 Å². The van der Waals surface area contributed by atoms with Crippen LogP contribution < -0.4 is 10.6 Å². The molecule has 6 heteroatoms. The minimum Gasteiger partial charge on any atom is -0.348 e. The molecular formula is C14H20ClN3O2. The van der Waals surface area contributed by atoms with Crippen molar-refractivity contribution in [2.75, 3.05) is 32.5 Å². The Balaban J connectivity index is 2.43. The van der Waals surface area contributed by atoms with E-state index in [2.05, 4.69) is 10.6 Å². The average Bonchev–Trinajstić information content (AvgIpc) is 2.37. The molecule has 110 valence electrons. The van der Waals surface area contributed by atoms with Gasteiger partial charge in [-0.15, -0.1) is 0 Å². The first-order valence-electron chi connectivity index (χ1n) is 6.40. The predicted molar refractivity (Wildman–Crippen MR) is 81.0 cm³/mol. The highest BCUT2D eigenvalue weighted by molar-refractivity contribution is 6.39. The van der Waals surface area contributed by atoms with E-state index in [1.54, 1.807) is 18.2 Å². The first-order valence-corrected chi connectivity index (χ1v) is 6.78. The van der Waals surface area contributed by atoms with Crippen molar-refractivity contribution in [2.45, 2.75) is 13.3 Å². The van der Waals surface area contributed by atoms with Gasteiger partial charge < -0.3 is 15.5 Å². The predicted octanol–water partition coefficient (Wildman–Crippen LogP) is 1.65. The zero-order valence-electron chi connectivity index (χ0n) is 12.0. The summed E-state index contributed by atoms with van der Waals surface area (Å²) >= 11 is 5.83. The van der Waals surface area contributed by atoms with Crippen LogP contribution in [0.25, 0.3) is 0 Å². The number of aryl methyl sites for hydroxylation is 1. The van der Waals surface area contributed by atoms with E-state index in [-0.39, 0.29) is 0 Å². The summed E-state index contributed by atoms with van der Waals surface area (Å²) < 4.78 is 0. The number of halogens is 1. The number of carbonyl (C=O) groups excluding carboxylic acids is 2. The normalized spacial score (nSPS) is 10.4. The highest BCUT2D eigenvalue weighted by atomic mass is 35.5. The maximum atomic E-state index is 11.7. The third-order valence-corrected chi connectivity index (χ3v) is 2.95. The summed E-state index contributed by atoms with van der Waals surface area (Å²) in [7, 11) is 3.91. The molecule has 1 aromatic rings. The van der Waals surface area contributed by atoms with Gasteiger partial charge in [-0.05, 0) is 57.7 Å². The number of nitrogens with zero attached hydrogens (tertiary/aromatic N) is 1. The molecule has 0 saturated heterocycles. The highest BCUT2D eigenvalue weighted by Gasteiger charge is 2.13. The Morgan fingerprint density at radius 3 is 2.55 bits per heavy atom. The lowest BCUT2D eigenvalue weighted by Crippen LogP contribution is -2.36. The van der Waals surface area contributed by atoms with Crippen LogP contribution in [0, 0.1) is 6.92 Å². The van der Waals surface area contributed by atoms with Crippen molar-refractivity contribution in [3.05, 3.63) is 28.8 Å². The lowest BCUT2D eigenvalue weighted by Gasteiger charge is -2.11. The van der Waals surface area contributed by atoms with Crippen LogP contribution in [0.4, 0.5) is 5.69 Å². The molecule has 0 spiro atoms. The number of amides is 2. The Kier molecular flexibility index (Phi) is 6.48. The summed E-state index contributed by atoms with van der Waals surface area (Å²) in [4.78, 5) is 25.3. The second-order valence-electron chi connectivity index (χ2n) is 4.83. The first-order chi connectivity index (χ1) is 9.40. The van der Waals surface area contributed by atoms with Gasteiger partial charge in [0, 0.05) is 17.3 Å². The molecule has 0 aromatic heterocycles. The van der Waals surface area contributed by atoms with E-state index >= 15 is 0 Å². The van der Waals surface area contributed by atoms with Crippen molar-refractivity contribution in [3.8, 4) is 0 Å². The van der Waals surface area contributed by atoms with Gasteiger partial charge >= 0.3 is 11.8 Å². The van der Waals surface area contributed by atoms with E-state index in [1.165, 1.54) is 0 Å². The van der Waals surface area contributed by atoms with Crippen molar-refractivity contribution in [1.29, 1.82) is 0 Å². The van der Waals surface area contributed by atoms with E-state index in [4.69, 9.17) is 11.6 Å². The molecule has 2 N–H and O–H groups in total. The Hall–Kier alpha value is -1.59. The number of carbonyl (C=O) groups is 2. The summed E-state index contributed by atoms with van der Waals surface area (Å²) in [6, 6.07) is 5.07. The smallest absolute Gasteiger partial charge is 0.313 e. The van der Waals surface area contributed by atoms with Gasteiger partial charge in [0.15, 0.2) is 0 Å². The third-order valence-electron chi connectivity index (χ3n) is 2.71. The summed E-state index contributed by atoms with van der Waals surface area (Å²) in [6.07, 6.45) is 0.798. The molecule has 1 aromatic carbocycles. The lowest BCUT2D eigenvalue weighted by atomic mass is 10.2. The Labute approximate surface area is 124 Å². The minimum atomic E-state index is -0.666. The van der Waals surface area contributed by atoms with Crippen molar-refractivity contribution in [1.82, 2.24) is 10.2 Å². The van der Waals surface area contributed by atoms with Crippen LogP contribution in [0.2, 0.25) is 5.02 Å². The fourth-order valence-corrected chi connectivity index (χ4v) is 1.85. The zero-order chi connectivity index (χ0) is 15.1. The van der Waals surface area contributed by atoms with Gasteiger partial charge in [-0.1, -0.05) is 11.6 Å². The molecule has 0 heterocycles. The molecule has 0 aliphatic carbocycles. The molecule has 20 heavy (non-hydrogen) atoms. The number of benzene rings is 1. The number of hydrogen-bond donors (Lipinski definition) is 2. The maximum absolute atomic E-state index is 11.7. The largest absolute Gasteiger partial charge is 0.348 e. The topological polar surface area (TPSA) is 61.4 Å². The van der Waals surface area contributed by atoms with Gasteiger partial charge in [-0.25, -0.2) is 0 Å². The molecule has 0 radical (unpaired) electrons. The van der Waals surface area contributed by atoms with E-state index < -0.39 is 11.8 Å². The third kappa shape index (κ3) is 5.59. The Morgan fingerprint density at radius 1 is 1.25 bits per heavy atom. The summed E-state index contributed by atoms with van der Waals surface area (Å²) in [5, 5.41) is 5.74. The van der Waals surface area contributed by atoms with E-state index in [0.29, 0.717) is 17.3 Å². The standard InChI is InChI=1S/C14H20ClN3O2/c1-10-9-11(15)5-6-12(10)17-14(20)13(19)16-7-4-8-18(2)3/h5-6,9H,4,7-8H2,1-3H3,(H,16,19)(H,17,20). The van der Waals surface area contributed by atoms with E-state index in [0.717, 1.165) is 18.5 Å². The van der Waals surface area contributed by atoms with E-state index in [9.17, 15) is 9.59 Å². The van der Waals surface area contributed by atoms with Crippen LogP contribution in [0.1, 0.15) is 12.0 Å². The van der Waals surface area contributed by atoms with Crippen molar-refractivity contribution < 1.29 is 9.59 Å². The van der Waals surface area contributed by atoms with Gasteiger partial charge in [0.05, 0.1) is 0 Å². The molecular weight excluding hydrogens is 278 g/mol. The Morgan fingerprint density at radius 2 is 1.95 bits per heavy atom.